The minimum absolute atomic E-state index is 0.0737. The molecule has 0 aliphatic carbocycles. The van der Waals surface area contributed by atoms with Gasteiger partial charge in [0.1, 0.15) is 0 Å². The van der Waals surface area contributed by atoms with Crippen LogP contribution in [0.5, 0.6) is 0 Å². The first-order valence-corrected chi connectivity index (χ1v) is 6.97. The van der Waals surface area contributed by atoms with Crippen molar-refractivity contribution in [2.45, 2.75) is 26.8 Å². The normalized spacial score (nSPS) is 10.6. The highest BCUT2D eigenvalue weighted by molar-refractivity contribution is 5.59. The lowest BCUT2D eigenvalue weighted by Crippen LogP contribution is -2.22. The van der Waals surface area contributed by atoms with E-state index in [4.69, 9.17) is 0 Å². The van der Waals surface area contributed by atoms with Crippen LogP contribution < -0.4 is 4.90 Å². The predicted octanol–water partition coefficient (Wildman–Crippen LogP) is 2.72. The monoisotopic (exact) mass is 289 g/mol. The third-order valence-electron chi connectivity index (χ3n) is 3.28. The van der Waals surface area contributed by atoms with E-state index in [1.807, 2.05) is 18.5 Å². The van der Waals surface area contributed by atoms with Crippen molar-refractivity contribution in [2.24, 2.45) is 0 Å². The standard InChI is InChI=1S/C14H19N5O2/c1-4-10-17(3)14-16-15-13(18(14)5-2)11-6-8-12(9-7-11)19(20)21/h6-9H,4-5,10H2,1-3H3. The molecule has 0 aliphatic heterocycles. The van der Waals surface area contributed by atoms with Crippen LogP contribution in [0.15, 0.2) is 24.3 Å². The van der Waals surface area contributed by atoms with Gasteiger partial charge in [0.2, 0.25) is 5.95 Å². The van der Waals surface area contributed by atoms with Crippen LogP contribution in [0, 0.1) is 10.1 Å². The Hall–Kier alpha value is -2.44. The largest absolute Gasteiger partial charge is 0.344 e. The molecule has 2 aromatic rings. The van der Waals surface area contributed by atoms with Crippen molar-refractivity contribution in [1.82, 2.24) is 14.8 Å². The third kappa shape index (κ3) is 3.01. The molecule has 0 bridgehead atoms. The number of hydrogen-bond acceptors (Lipinski definition) is 5. The summed E-state index contributed by atoms with van der Waals surface area (Å²) in [4.78, 5) is 12.4. The van der Waals surface area contributed by atoms with Crippen LogP contribution in [0.25, 0.3) is 11.4 Å². The summed E-state index contributed by atoms with van der Waals surface area (Å²) in [5.41, 5.74) is 0.899. The number of nitro groups is 1. The molecule has 0 fully saturated rings. The Balaban J connectivity index is 2.37. The van der Waals surface area contributed by atoms with Gasteiger partial charge in [-0.2, -0.15) is 0 Å². The molecule has 0 saturated carbocycles. The topological polar surface area (TPSA) is 77.1 Å². The molecule has 0 aliphatic rings. The molecule has 0 saturated heterocycles. The molecule has 7 nitrogen and oxygen atoms in total. The maximum Gasteiger partial charge on any atom is 0.269 e. The average Bonchev–Trinajstić information content (AvgIpc) is 2.91. The molecule has 0 atom stereocenters. The number of nitro benzene ring substituents is 1. The van der Waals surface area contributed by atoms with E-state index in [1.165, 1.54) is 12.1 Å². The van der Waals surface area contributed by atoms with E-state index in [9.17, 15) is 10.1 Å². The zero-order chi connectivity index (χ0) is 15.4. The summed E-state index contributed by atoms with van der Waals surface area (Å²) in [6.45, 7) is 5.78. The lowest BCUT2D eigenvalue weighted by molar-refractivity contribution is -0.384. The number of rotatable bonds is 6. The number of benzene rings is 1. The minimum atomic E-state index is -0.408. The molecular weight excluding hydrogens is 270 g/mol. The molecule has 0 amide bonds. The lowest BCUT2D eigenvalue weighted by atomic mass is 10.2. The molecule has 112 valence electrons. The number of aromatic nitrogens is 3. The highest BCUT2D eigenvalue weighted by Gasteiger charge is 2.16. The molecular formula is C14H19N5O2. The summed E-state index contributed by atoms with van der Waals surface area (Å²) in [5.74, 6) is 1.54. The van der Waals surface area contributed by atoms with E-state index in [1.54, 1.807) is 12.1 Å². The van der Waals surface area contributed by atoms with Gasteiger partial charge in [-0.3, -0.25) is 14.7 Å². The first-order chi connectivity index (χ1) is 10.1. The maximum atomic E-state index is 10.7. The van der Waals surface area contributed by atoms with Crippen LogP contribution in [0.1, 0.15) is 20.3 Å². The average molecular weight is 289 g/mol. The number of nitrogens with zero attached hydrogens (tertiary/aromatic N) is 5. The third-order valence-corrected chi connectivity index (χ3v) is 3.28. The lowest BCUT2D eigenvalue weighted by Gasteiger charge is -2.18. The van der Waals surface area contributed by atoms with Gasteiger partial charge in [0.25, 0.3) is 5.69 Å². The van der Waals surface area contributed by atoms with Crippen LogP contribution in [0.3, 0.4) is 0 Å². The summed E-state index contributed by atoms with van der Waals surface area (Å²) < 4.78 is 2.01. The van der Waals surface area contributed by atoms with Gasteiger partial charge in [-0.1, -0.05) is 6.92 Å². The fourth-order valence-corrected chi connectivity index (χ4v) is 2.25. The summed E-state index contributed by atoms with van der Waals surface area (Å²) in [7, 11) is 1.99. The second-order valence-corrected chi connectivity index (χ2v) is 4.79. The molecule has 1 aromatic carbocycles. The van der Waals surface area contributed by atoms with Crippen molar-refractivity contribution in [3.63, 3.8) is 0 Å². The highest BCUT2D eigenvalue weighted by Crippen LogP contribution is 2.24. The van der Waals surface area contributed by atoms with Gasteiger partial charge < -0.3 is 4.90 Å². The van der Waals surface area contributed by atoms with Gasteiger partial charge >= 0.3 is 0 Å². The van der Waals surface area contributed by atoms with Crippen molar-refractivity contribution in [2.75, 3.05) is 18.5 Å². The number of anilines is 1. The first-order valence-electron chi connectivity index (χ1n) is 6.97. The predicted molar refractivity (Wildman–Crippen MR) is 81.3 cm³/mol. The van der Waals surface area contributed by atoms with Crippen LogP contribution in [-0.2, 0) is 6.54 Å². The van der Waals surface area contributed by atoms with Gasteiger partial charge in [0.05, 0.1) is 4.92 Å². The van der Waals surface area contributed by atoms with Crippen LogP contribution in [-0.4, -0.2) is 33.3 Å². The zero-order valence-electron chi connectivity index (χ0n) is 12.5. The molecule has 0 radical (unpaired) electrons. The molecule has 0 unspecified atom stereocenters. The van der Waals surface area contributed by atoms with Crippen molar-refractivity contribution >= 4 is 11.6 Å². The zero-order valence-corrected chi connectivity index (χ0v) is 12.5. The second-order valence-electron chi connectivity index (χ2n) is 4.79. The molecule has 7 heteroatoms. The molecule has 0 N–H and O–H groups in total. The Morgan fingerprint density at radius 1 is 1.24 bits per heavy atom. The fraction of sp³-hybridized carbons (Fsp3) is 0.429. The second kappa shape index (κ2) is 6.34. The van der Waals surface area contributed by atoms with Gasteiger partial charge in [-0.15, -0.1) is 10.2 Å². The van der Waals surface area contributed by atoms with Crippen molar-refractivity contribution in [1.29, 1.82) is 0 Å². The van der Waals surface area contributed by atoms with Gasteiger partial charge in [0, 0.05) is 37.8 Å². The molecule has 0 spiro atoms. The van der Waals surface area contributed by atoms with Crippen molar-refractivity contribution in [3.8, 4) is 11.4 Å². The van der Waals surface area contributed by atoms with Crippen LogP contribution >= 0.6 is 0 Å². The quantitative estimate of drug-likeness (QED) is 0.603. The summed E-state index contributed by atoms with van der Waals surface area (Å²) in [5, 5.41) is 19.2. The molecule has 1 heterocycles. The molecule has 1 aromatic heterocycles. The Bertz CT molecular complexity index is 621. The Morgan fingerprint density at radius 2 is 1.90 bits per heavy atom. The van der Waals surface area contributed by atoms with E-state index in [2.05, 4.69) is 22.0 Å². The number of hydrogen-bond donors (Lipinski definition) is 0. The van der Waals surface area contributed by atoms with E-state index < -0.39 is 4.92 Å². The maximum absolute atomic E-state index is 10.7. The summed E-state index contributed by atoms with van der Waals surface area (Å²) in [6.07, 6.45) is 1.03. The Kier molecular flexibility index (Phi) is 4.52. The van der Waals surface area contributed by atoms with Crippen molar-refractivity contribution in [3.05, 3.63) is 34.4 Å². The number of non-ortho nitro benzene ring substituents is 1. The molecule has 21 heavy (non-hydrogen) atoms. The Labute approximate surface area is 123 Å². The van der Waals surface area contributed by atoms with E-state index in [0.717, 1.165) is 36.8 Å². The summed E-state index contributed by atoms with van der Waals surface area (Å²) in [6, 6.07) is 6.38. The Morgan fingerprint density at radius 3 is 2.43 bits per heavy atom. The van der Waals surface area contributed by atoms with Crippen LogP contribution in [0.4, 0.5) is 11.6 Å². The highest BCUT2D eigenvalue weighted by atomic mass is 16.6. The molecule has 2 rings (SSSR count). The first kappa shape index (κ1) is 15.0. The van der Waals surface area contributed by atoms with Gasteiger partial charge in [0.15, 0.2) is 5.82 Å². The van der Waals surface area contributed by atoms with E-state index in [-0.39, 0.29) is 5.69 Å². The SMILES string of the molecule is CCCN(C)c1nnc(-c2ccc([N+](=O)[O-])cc2)n1CC. The van der Waals surface area contributed by atoms with Gasteiger partial charge in [-0.25, -0.2) is 0 Å². The van der Waals surface area contributed by atoms with E-state index in [0.29, 0.717) is 0 Å². The summed E-state index contributed by atoms with van der Waals surface area (Å²) >= 11 is 0. The minimum Gasteiger partial charge on any atom is -0.344 e. The van der Waals surface area contributed by atoms with Gasteiger partial charge in [-0.05, 0) is 25.5 Å². The fourth-order valence-electron chi connectivity index (χ4n) is 2.25. The van der Waals surface area contributed by atoms with Crippen molar-refractivity contribution < 1.29 is 4.92 Å². The van der Waals surface area contributed by atoms with E-state index >= 15 is 0 Å². The van der Waals surface area contributed by atoms with Crippen LogP contribution in [0.2, 0.25) is 0 Å². The smallest absolute Gasteiger partial charge is 0.269 e.